The Balaban J connectivity index is 2.00. The van der Waals surface area contributed by atoms with Gasteiger partial charge >= 0.3 is 0 Å². The number of benzene rings is 1. The van der Waals surface area contributed by atoms with Crippen molar-refractivity contribution in [2.75, 3.05) is 0 Å². The normalized spacial score (nSPS) is 11.3. The van der Waals surface area contributed by atoms with Gasteiger partial charge in [0.2, 0.25) is 0 Å². The van der Waals surface area contributed by atoms with Gasteiger partial charge in [-0.2, -0.15) is 0 Å². The van der Waals surface area contributed by atoms with E-state index in [1.54, 1.807) is 6.33 Å². The first-order chi connectivity index (χ1) is 8.43. The average molecular weight is 222 g/mol. The van der Waals surface area contributed by atoms with E-state index < -0.39 is 0 Å². The molecule has 0 fully saturated rings. The topological polar surface area (TPSA) is 54.5 Å². The van der Waals surface area contributed by atoms with Gasteiger partial charge in [-0.15, -0.1) is 0 Å². The van der Waals surface area contributed by atoms with Gasteiger partial charge in [0.25, 0.3) is 0 Å². The third-order valence-corrected chi connectivity index (χ3v) is 2.48. The molecule has 0 atom stereocenters. The second kappa shape index (κ2) is 4.17. The lowest BCUT2D eigenvalue weighted by molar-refractivity contribution is 1.19. The molecule has 3 aromatic rings. The molecule has 17 heavy (non-hydrogen) atoms. The van der Waals surface area contributed by atoms with E-state index in [4.69, 9.17) is 0 Å². The van der Waals surface area contributed by atoms with Gasteiger partial charge in [-0.1, -0.05) is 36.4 Å². The summed E-state index contributed by atoms with van der Waals surface area (Å²) in [6, 6.07) is 10.1. The SMILES string of the molecule is C(=Cc1ncnc2[nH]cnc12)c1ccccc1. The molecule has 0 spiro atoms. The van der Waals surface area contributed by atoms with Crippen molar-refractivity contribution in [3.05, 3.63) is 54.2 Å². The molecular formula is C13H10N4. The Labute approximate surface area is 98.1 Å². The standard InChI is InChI=1S/C13H10N4/c1-2-4-10(5-3-1)6-7-11-12-13(16-8-14-11)17-9-15-12/h1-9H,(H,14,15,16,17). The first-order valence-corrected chi connectivity index (χ1v) is 5.31. The highest BCUT2D eigenvalue weighted by Gasteiger charge is 2.01. The predicted molar refractivity (Wildman–Crippen MR) is 67.1 cm³/mol. The summed E-state index contributed by atoms with van der Waals surface area (Å²) in [6.45, 7) is 0. The van der Waals surface area contributed by atoms with E-state index in [-0.39, 0.29) is 0 Å². The van der Waals surface area contributed by atoms with E-state index in [1.807, 2.05) is 42.5 Å². The number of H-pyrrole nitrogens is 1. The van der Waals surface area contributed by atoms with Crippen LogP contribution in [0.15, 0.2) is 43.0 Å². The fraction of sp³-hybridized carbons (Fsp3) is 0. The van der Waals surface area contributed by atoms with E-state index in [0.29, 0.717) is 0 Å². The maximum Gasteiger partial charge on any atom is 0.161 e. The van der Waals surface area contributed by atoms with Crippen molar-refractivity contribution >= 4 is 23.3 Å². The molecule has 0 aliphatic heterocycles. The summed E-state index contributed by atoms with van der Waals surface area (Å²) in [4.78, 5) is 15.5. The van der Waals surface area contributed by atoms with Crippen LogP contribution in [-0.4, -0.2) is 19.9 Å². The van der Waals surface area contributed by atoms with Gasteiger partial charge in [0.1, 0.15) is 11.8 Å². The molecule has 0 amide bonds. The Hall–Kier alpha value is -2.49. The molecule has 0 saturated carbocycles. The highest BCUT2D eigenvalue weighted by molar-refractivity contribution is 5.83. The lowest BCUT2D eigenvalue weighted by Gasteiger charge is -1.94. The molecule has 0 unspecified atom stereocenters. The Morgan fingerprint density at radius 2 is 1.82 bits per heavy atom. The van der Waals surface area contributed by atoms with Gasteiger partial charge in [0.05, 0.1) is 12.0 Å². The molecule has 0 aliphatic rings. The zero-order valence-corrected chi connectivity index (χ0v) is 9.04. The van der Waals surface area contributed by atoms with Crippen LogP contribution in [0.2, 0.25) is 0 Å². The third kappa shape index (κ3) is 1.92. The maximum atomic E-state index is 4.21. The summed E-state index contributed by atoms with van der Waals surface area (Å²) < 4.78 is 0. The van der Waals surface area contributed by atoms with Gasteiger partial charge in [0, 0.05) is 0 Å². The molecule has 4 nitrogen and oxygen atoms in total. The molecule has 3 rings (SSSR count). The zero-order chi connectivity index (χ0) is 11.5. The van der Waals surface area contributed by atoms with Crippen LogP contribution in [0.25, 0.3) is 23.3 Å². The molecular weight excluding hydrogens is 212 g/mol. The minimum atomic E-state index is 0.757. The molecule has 2 aromatic heterocycles. The number of rotatable bonds is 2. The second-order valence-electron chi connectivity index (χ2n) is 3.60. The van der Waals surface area contributed by atoms with E-state index in [0.717, 1.165) is 22.4 Å². The maximum absolute atomic E-state index is 4.21. The van der Waals surface area contributed by atoms with Crippen LogP contribution in [0.1, 0.15) is 11.3 Å². The van der Waals surface area contributed by atoms with Crippen LogP contribution in [-0.2, 0) is 0 Å². The first kappa shape index (κ1) is 9.72. The van der Waals surface area contributed by atoms with Crippen molar-refractivity contribution in [1.29, 1.82) is 0 Å². The third-order valence-electron chi connectivity index (χ3n) is 2.48. The van der Waals surface area contributed by atoms with E-state index in [1.165, 1.54) is 6.33 Å². The monoisotopic (exact) mass is 222 g/mol. The van der Waals surface area contributed by atoms with Crippen molar-refractivity contribution in [2.45, 2.75) is 0 Å². The lowest BCUT2D eigenvalue weighted by Crippen LogP contribution is -1.86. The van der Waals surface area contributed by atoms with Crippen LogP contribution in [0, 0.1) is 0 Å². The highest BCUT2D eigenvalue weighted by Crippen LogP contribution is 2.12. The van der Waals surface area contributed by atoms with Crippen molar-refractivity contribution < 1.29 is 0 Å². The van der Waals surface area contributed by atoms with Gasteiger partial charge in [-0.3, -0.25) is 0 Å². The Morgan fingerprint density at radius 1 is 0.941 bits per heavy atom. The van der Waals surface area contributed by atoms with Crippen LogP contribution in [0.3, 0.4) is 0 Å². The fourth-order valence-electron chi connectivity index (χ4n) is 1.64. The van der Waals surface area contributed by atoms with Crippen LogP contribution >= 0.6 is 0 Å². The molecule has 0 radical (unpaired) electrons. The van der Waals surface area contributed by atoms with Gasteiger partial charge in [-0.05, 0) is 11.6 Å². The number of hydrogen-bond acceptors (Lipinski definition) is 3. The molecule has 82 valence electrons. The smallest absolute Gasteiger partial charge is 0.161 e. The highest BCUT2D eigenvalue weighted by atomic mass is 15.0. The van der Waals surface area contributed by atoms with Crippen molar-refractivity contribution in [2.24, 2.45) is 0 Å². The first-order valence-electron chi connectivity index (χ1n) is 5.31. The van der Waals surface area contributed by atoms with Crippen molar-refractivity contribution in [3.8, 4) is 0 Å². The second-order valence-corrected chi connectivity index (χ2v) is 3.60. The minimum Gasteiger partial charge on any atom is -0.329 e. The number of nitrogens with one attached hydrogen (secondary N) is 1. The molecule has 0 aliphatic carbocycles. The van der Waals surface area contributed by atoms with Gasteiger partial charge in [0.15, 0.2) is 5.65 Å². The van der Waals surface area contributed by atoms with E-state index in [9.17, 15) is 0 Å². The number of hydrogen-bond donors (Lipinski definition) is 1. The number of imidazole rings is 1. The van der Waals surface area contributed by atoms with E-state index >= 15 is 0 Å². The molecule has 0 saturated heterocycles. The van der Waals surface area contributed by atoms with Crippen LogP contribution in [0.5, 0.6) is 0 Å². The van der Waals surface area contributed by atoms with Crippen molar-refractivity contribution in [3.63, 3.8) is 0 Å². The minimum absolute atomic E-state index is 0.757. The largest absolute Gasteiger partial charge is 0.329 e. The summed E-state index contributed by atoms with van der Waals surface area (Å²) in [5, 5.41) is 0. The van der Waals surface area contributed by atoms with Crippen LogP contribution in [0.4, 0.5) is 0 Å². The Morgan fingerprint density at radius 3 is 2.71 bits per heavy atom. The number of nitrogens with zero attached hydrogens (tertiary/aromatic N) is 3. The predicted octanol–water partition coefficient (Wildman–Crippen LogP) is 2.52. The Bertz CT molecular complexity index is 655. The van der Waals surface area contributed by atoms with Gasteiger partial charge < -0.3 is 4.98 Å². The fourth-order valence-corrected chi connectivity index (χ4v) is 1.64. The zero-order valence-electron chi connectivity index (χ0n) is 9.04. The number of fused-ring (bicyclic) bond motifs is 1. The summed E-state index contributed by atoms with van der Waals surface area (Å²) in [5.41, 5.74) is 3.50. The van der Waals surface area contributed by atoms with E-state index in [2.05, 4.69) is 19.9 Å². The summed E-state index contributed by atoms with van der Waals surface area (Å²) in [6.07, 6.45) is 7.11. The summed E-state index contributed by atoms with van der Waals surface area (Å²) in [7, 11) is 0. The van der Waals surface area contributed by atoms with Gasteiger partial charge in [-0.25, -0.2) is 15.0 Å². The average Bonchev–Trinajstić information content (AvgIpc) is 2.86. The quantitative estimate of drug-likeness (QED) is 0.724. The molecule has 0 bridgehead atoms. The molecule has 1 aromatic carbocycles. The van der Waals surface area contributed by atoms with Crippen LogP contribution < -0.4 is 0 Å². The molecule has 1 N–H and O–H groups in total. The number of aromatic amines is 1. The van der Waals surface area contributed by atoms with Crippen molar-refractivity contribution in [1.82, 2.24) is 19.9 Å². The molecule has 4 heteroatoms. The Kier molecular flexibility index (Phi) is 2.38. The molecule has 2 heterocycles. The lowest BCUT2D eigenvalue weighted by atomic mass is 10.2. The summed E-state index contributed by atoms with van der Waals surface area (Å²) >= 11 is 0. The summed E-state index contributed by atoms with van der Waals surface area (Å²) in [5.74, 6) is 0. The number of aromatic nitrogens is 4.